The number of carbonyl (C=O) groups excluding carboxylic acids is 2. The normalized spacial score (nSPS) is 15.2. The molecule has 1 aromatic rings. The van der Waals surface area contributed by atoms with Crippen LogP contribution in [0.4, 0.5) is 0 Å². The van der Waals surface area contributed by atoms with Gasteiger partial charge >= 0.3 is 0 Å². The third kappa shape index (κ3) is 7.30. The van der Waals surface area contributed by atoms with Crippen molar-refractivity contribution >= 4 is 23.4 Å². The van der Waals surface area contributed by atoms with Crippen molar-refractivity contribution in [3.63, 3.8) is 0 Å². The third-order valence-corrected chi connectivity index (χ3v) is 5.89. The van der Waals surface area contributed by atoms with E-state index in [2.05, 4.69) is 12.2 Å². The van der Waals surface area contributed by atoms with Gasteiger partial charge in [0.1, 0.15) is 11.9 Å². The summed E-state index contributed by atoms with van der Waals surface area (Å²) in [6, 6.07) is 4.86. The van der Waals surface area contributed by atoms with Crippen LogP contribution >= 0.6 is 11.6 Å². The highest BCUT2D eigenvalue weighted by molar-refractivity contribution is 6.27. The number of amides is 2. The molecule has 31 heavy (non-hydrogen) atoms. The van der Waals surface area contributed by atoms with Gasteiger partial charge in [-0.3, -0.25) is 9.59 Å². The Hall–Kier alpha value is -1.95. The standard InChI is InChI=1S/C24H37ClN2O4/c1-4-6-14-27(22(28)17-25)23(24(29)26-19-10-8-7-9-11-19)18-12-13-20(31-15-5-2)21(16-18)30-3/h12-13,16,19,23H,4-11,14-15,17H2,1-3H3,(H,26,29). The second-order valence-electron chi connectivity index (χ2n) is 8.08. The lowest BCUT2D eigenvalue weighted by molar-refractivity contribution is -0.139. The molecule has 0 aliphatic heterocycles. The molecule has 7 heteroatoms. The summed E-state index contributed by atoms with van der Waals surface area (Å²) in [5.41, 5.74) is 0.698. The number of benzene rings is 1. The molecule has 0 bridgehead atoms. The summed E-state index contributed by atoms with van der Waals surface area (Å²) in [6.45, 7) is 5.15. The fraction of sp³-hybridized carbons (Fsp3) is 0.667. The summed E-state index contributed by atoms with van der Waals surface area (Å²) in [4.78, 5) is 27.8. The molecule has 2 rings (SSSR count). The monoisotopic (exact) mass is 452 g/mol. The van der Waals surface area contributed by atoms with Crippen molar-refractivity contribution in [3.8, 4) is 11.5 Å². The number of hydrogen-bond acceptors (Lipinski definition) is 4. The molecule has 1 unspecified atom stereocenters. The van der Waals surface area contributed by atoms with Gasteiger partial charge in [-0.25, -0.2) is 0 Å². The van der Waals surface area contributed by atoms with Crippen LogP contribution in [-0.4, -0.2) is 48.9 Å². The number of carbonyl (C=O) groups is 2. The molecule has 0 spiro atoms. The predicted molar refractivity (Wildman–Crippen MR) is 124 cm³/mol. The van der Waals surface area contributed by atoms with Gasteiger partial charge in [-0.15, -0.1) is 11.6 Å². The average Bonchev–Trinajstić information content (AvgIpc) is 2.80. The van der Waals surface area contributed by atoms with E-state index < -0.39 is 6.04 Å². The van der Waals surface area contributed by atoms with Gasteiger partial charge in [0.2, 0.25) is 11.8 Å². The first-order chi connectivity index (χ1) is 15.0. The van der Waals surface area contributed by atoms with Gasteiger partial charge in [0, 0.05) is 12.6 Å². The van der Waals surface area contributed by atoms with Crippen molar-refractivity contribution in [3.05, 3.63) is 23.8 Å². The molecule has 1 aromatic carbocycles. The quantitative estimate of drug-likeness (QED) is 0.460. The van der Waals surface area contributed by atoms with Crippen LogP contribution in [0.3, 0.4) is 0 Å². The Bertz CT molecular complexity index is 707. The fourth-order valence-electron chi connectivity index (χ4n) is 3.99. The number of nitrogens with one attached hydrogen (secondary N) is 1. The largest absolute Gasteiger partial charge is 0.493 e. The van der Waals surface area contributed by atoms with Gasteiger partial charge in [0.05, 0.1) is 13.7 Å². The zero-order valence-corrected chi connectivity index (χ0v) is 19.9. The molecule has 0 aromatic heterocycles. The minimum absolute atomic E-state index is 0.150. The van der Waals surface area contributed by atoms with Gasteiger partial charge < -0.3 is 19.7 Å². The molecule has 1 atom stereocenters. The van der Waals surface area contributed by atoms with Crippen LogP contribution in [0, 0.1) is 0 Å². The molecule has 174 valence electrons. The third-order valence-electron chi connectivity index (χ3n) is 5.66. The average molecular weight is 453 g/mol. The highest BCUT2D eigenvalue weighted by Gasteiger charge is 2.32. The van der Waals surface area contributed by atoms with Crippen molar-refractivity contribution in [1.82, 2.24) is 10.2 Å². The minimum Gasteiger partial charge on any atom is -0.493 e. The van der Waals surface area contributed by atoms with Crippen LogP contribution in [0.5, 0.6) is 11.5 Å². The van der Waals surface area contributed by atoms with Gasteiger partial charge in [0.25, 0.3) is 0 Å². The number of rotatable bonds is 12. The second-order valence-corrected chi connectivity index (χ2v) is 8.35. The van der Waals surface area contributed by atoms with E-state index in [1.54, 1.807) is 18.1 Å². The molecular weight excluding hydrogens is 416 g/mol. The van der Waals surface area contributed by atoms with Crippen LogP contribution in [0.1, 0.15) is 76.8 Å². The van der Waals surface area contributed by atoms with Crippen LogP contribution in [-0.2, 0) is 9.59 Å². The van der Waals surface area contributed by atoms with Crippen LogP contribution < -0.4 is 14.8 Å². The van der Waals surface area contributed by atoms with Crippen LogP contribution in [0.2, 0.25) is 0 Å². The highest BCUT2D eigenvalue weighted by atomic mass is 35.5. The summed E-state index contributed by atoms with van der Waals surface area (Å²) in [5.74, 6) is 0.611. The van der Waals surface area contributed by atoms with E-state index in [0.29, 0.717) is 30.2 Å². The van der Waals surface area contributed by atoms with E-state index in [-0.39, 0.29) is 23.7 Å². The zero-order chi connectivity index (χ0) is 22.6. The molecule has 0 radical (unpaired) electrons. The van der Waals surface area contributed by atoms with Gasteiger partial charge in [-0.05, 0) is 43.4 Å². The highest BCUT2D eigenvalue weighted by Crippen LogP contribution is 2.33. The number of nitrogens with zero attached hydrogens (tertiary/aromatic N) is 1. The van der Waals surface area contributed by atoms with Crippen LogP contribution in [0.25, 0.3) is 0 Å². The maximum atomic E-state index is 13.5. The van der Waals surface area contributed by atoms with Crippen molar-refractivity contribution in [2.75, 3.05) is 26.1 Å². The Morgan fingerprint density at radius 1 is 1.16 bits per heavy atom. The Morgan fingerprint density at radius 2 is 1.90 bits per heavy atom. The van der Waals surface area contributed by atoms with Gasteiger partial charge in [-0.1, -0.05) is 45.6 Å². The lowest BCUT2D eigenvalue weighted by atomic mass is 9.94. The van der Waals surface area contributed by atoms with Crippen molar-refractivity contribution in [2.45, 2.75) is 77.3 Å². The summed E-state index contributed by atoms with van der Waals surface area (Å²) in [7, 11) is 1.58. The Kier molecular flexibility index (Phi) is 11.0. The predicted octanol–water partition coefficient (Wildman–Crippen LogP) is 4.84. The SMILES string of the molecule is CCCCN(C(=O)CCl)C(C(=O)NC1CCCCC1)c1ccc(OCCC)c(OC)c1. The number of unbranched alkanes of at least 4 members (excludes halogenated alkanes) is 1. The van der Waals surface area contributed by atoms with E-state index in [1.807, 2.05) is 19.1 Å². The Morgan fingerprint density at radius 3 is 2.52 bits per heavy atom. The number of ether oxygens (including phenoxy) is 2. The maximum Gasteiger partial charge on any atom is 0.247 e. The fourth-order valence-corrected chi connectivity index (χ4v) is 4.14. The van der Waals surface area contributed by atoms with E-state index >= 15 is 0 Å². The first kappa shape index (κ1) is 25.3. The number of hydrogen-bond donors (Lipinski definition) is 1. The molecule has 0 heterocycles. The van der Waals surface area contributed by atoms with Crippen LogP contribution in [0.15, 0.2) is 18.2 Å². The van der Waals surface area contributed by atoms with Crippen molar-refractivity contribution in [2.24, 2.45) is 0 Å². The molecule has 1 aliphatic rings. The second kappa shape index (κ2) is 13.5. The van der Waals surface area contributed by atoms with E-state index in [9.17, 15) is 9.59 Å². The number of alkyl halides is 1. The smallest absolute Gasteiger partial charge is 0.247 e. The Balaban J connectivity index is 2.39. The molecule has 2 amide bonds. The summed E-state index contributed by atoms with van der Waals surface area (Å²) in [6.07, 6.45) is 7.99. The molecule has 1 N–H and O–H groups in total. The van der Waals surface area contributed by atoms with Gasteiger partial charge in [-0.2, -0.15) is 0 Å². The lowest BCUT2D eigenvalue weighted by Crippen LogP contribution is -2.47. The summed E-state index contributed by atoms with van der Waals surface area (Å²) < 4.78 is 11.3. The molecule has 1 saturated carbocycles. The summed E-state index contributed by atoms with van der Waals surface area (Å²) >= 11 is 5.93. The molecular formula is C24H37ClN2O4. The molecule has 1 fully saturated rings. The van der Waals surface area contributed by atoms with Crippen molar-refractivity contribution in [1.29, 1.82) is 0 Å². The first-order valence-electron chi connectivity index (χ1n) is 11.5. The molecule has 1 aliphatic carbocycles. The minimum atomic E-state index is -0.756. The maximum absolute atomic E-state index is 13.5. The zero-order valence-electron chi connectivity index (χ0n) is 19.1. The van der Waals surface area contributed by atoms with Crippen molar-refractivity contribution < 1.29 is 19.1 Å². The number of methoxy groups -OCH3 is 1. The molecule has 0 saturated heterocycles. The van der Waals surface area contributed by atoms with E-state index in [4.69, 9.17) is 21.1 Å². The lowest BCUT2D eigenvalue weighted by Gasteiger charge is -2.33. The summed E-state index contributed by atoms with van der Waals surface area (Å²) in [5, 5.41) is 3.19. The molecule has 6 nitrogen and oxygen atoms in total. The Labute approximate surface area is 191 Å². The van der Waals surface area contributed by atoms with Gasteiger partial charge in [0.15, 0.2) is 11.5 Å². The van der Waals surface area contributed by atoms with E-state index in [1.165, 1.54) is 6.42 Å². The first-order valence-corrected chi connectivity index (χ1v) is 12.1. The van der Waals surface area contributed by atoms with E-state index in [0.717, 1.165) is 44.9 Å². The topological polar surface area (TPSA) is 67.9 Å². The number of halogens is 1.